The van der Waals surface area contributed by atoms with Crippen molar-refractivity contribution in [3.63, 3.8) is 0 Å². The molecule has 0 aliphatic rings. The summed E-state index contributed by atoms with van der Waals surface area (Å²) in [5.41, 5.74) is 1.21. The molecule has 0 spiro atoms. The summed E-state index contributed by atoms with van der Waals surface area (Å²) in [6.45, 7) is 6.16. The first kappa shape index (κ1) is 18.6. The van der Waals surface area contributed by atoms with Crippen molar-refractivity contribution >= 4 is 32.4 Å². The Labute approximate surface area is 146 Å². The van der Waals surface area contributed by atoms with Gasteiger partial charge in [0.2, 0.25) is 10.0 Å². The lowest BCUT2D eigenvalue weighted by Crippen LogP contribution is -2.22. The number of nitrogens with zero attached hydrogens (tertiary/aromatic N) is 2. The number of hydrogen-bond donors (Lipinski definition) is 1. The molecule has 2 rings (SSSR count). The monoisotopic (exact) mass is 367 g/mol. The quantitative estimate of drug-likeness (QED) is 0.901. The highest BCUT2D eigenvalue weighted by Gasteiger charge is 2.20. The summed E-state index contributed by atoms with van der Waals surface area (Å²) in [4.78, 5) is 16.8. The molecule has 1 N–H and O–H groups in total. The maximum absolute atomic E-state index is 12.3. The van der Waals surface area contributed by atoms with Gasteiger partial charge < -0.3 is 0 Å². The number of amides is 1. The summed E-state index contributed by atoms with van der Waals surface area (Å²) in [5, 5.41) is 5.18. The smallest absolute Gasteiger partial charge is 0.257 e. The van der Waals surface area contributed by atoms with Gasteiger partial charge in [0.1, 0.15) is 0 Å². The van der Waals surface area contributed by atoms with Crippen molar-refractivity contribution in [1.82, 2.24) is 9.29 Å². The maximum Gasteiger partial charge on any atom is 0.257 e. The Balaban J connectivity index is 2.15. The van der Waals surface area contributed by atoms with E-state index >= 15 is 0 Å². The van der Waals surface area contributed by atoms with E-state index in [4.69, 9.17) is 0 Å². The lowest BCUT2D eigenvalue weighted by Gasteiger charge is -2.14. The molecule has 0 bridgehead atoms. The summed E-state index contributed by atoms with van der Waals surface area (Å²) in [7, 11) is -0.573. The molecule has 0 unspecified atom stereocenters. The summed E-state index contributed by atoms with van der Waals surface area (Å²) < 4.78 is 25.2. The number of anilines is 1. The van der Waals surface area contributed by atoms with E-state index in [2.05, 4.69) is 31.1 Å². The third-order valence-corrected chi connectivity index (χ3v) is 5.98. The number of carbonyl (C=O) groups excluding carboxylic acids is 1. The highest BCUT2D eigenvalue weighted by atomic mass is 32.2. The molecule has 0 aliphatic heterocycles. The fourth-order valence-corrected chi connectivity index (χ4v) is 3.67. The van der Waals surface area contributed by atoms with Crippen LogP contribution in [0.5, 0.6) is 0 Å². The van der Waals surface area contributed by atoms with Crippen LogP contribution in [-0.4, -0.2) is 37.7 Å². The Hall–Kier alpha value is -1.77. The third kappa shape index (κ3) is 4.00. The molecule has 0 saturated carbocycles. The molecule has 1 aromatic carbocycles. The minimum Gasteiger partial charge on any atom is -0.298 e. The predicted molar refractivity (Wildman–Crippen MR) is 96.1 cm³/mol. The van der Waals surface area contributed by atoms with Gasteiger partial charge in [0.15, 0.2) is 5.13 Å². The number of sulfonamides is 1. The molecule has 0 saturated heterocycles. The van der Waals surface area contributed by atoms with E-state index in [1.165, 1.54) is 49.7 Å². The van der Waals surface area contributed by atoms with E-state index in [-0.39, 0.29) is 16.2 Å². The second-order valence-electron chi connectivity index (χ2n) is 6.55. The lowest BCUT2D eigenvalue weighted by atomic mass is 9.93. The van der Waals surface area contributed by atoms with Gasteiger partial charge in [-0.3, -0.25) is 10.1 Å². The first-order valence-corrected chi connectivity index (χ1v) is 9.64. The standard InChI is InChI=1S/C16H21N3O3S2/c1-16(2,3)13-10-23-15(17-13)18-14(20)11-6-8-12(9-7-11)24(21,22)19(4)5/h6-10H,1-5H3,(H,17,18,20). The van der Waals surface area contributed by atoms with Crippen molar-refractivity contribution < 1.29 is 13.2 Å². The second-order valence-corrected chi connectivity index (χ2v) is 9.56. The van der Waals surface area contributed by atoms with Crippen LogP contribution in [0.25, 0.3) is 0 Å². The van der Waals surface area contributed by atoms with Gasteiger partial charge in [-0.1, -0.05) is 20.8 Å². The van der Waals surface area contributed by atoms with E-state index in [0.717, 1.165) is 10.00 Å². The van der Waals surface area contributed by atoms with E-state index in [1.54, 1.807) is 0 Å². The van der Waals surface area contributed by atoms with Gasteiger partial charge in [0, 0.05) is 30.5 Å². The predicted octanol–water partition coefficient (Wildman–Crippen LogP) is 2.94. The molecule has 1 amide bonds. The van der Waals surface area contributed by atoms with Crippen LogP contribution < -0.4 is 5.32 Å². The first-order valence-electron chi connectivity index (χ1n) is 7.32. The fraction of sp³-hybridized carbons (Fsp3) is 0.375. The van der Waals surface area contributed by atoms with E-state index in [9.17, 15) is 13.2 Å². The minimum absolute atomic E-state index is 0.0817. The molecule has 8 heteroatoms. The number of benzene rings is 1. The molecule has 6 nitrogen and oxygen atoms in total. The van der Waals surface area contributed by atoms with Gasteiger partial charge in [0.05, 0.1) is 10.6 Å². The van der Waals surface area contributed by atoms with Gasteiger partial charge in [-0.05, 0) is 24.3 Å². The molecule has 1 aromatic heterocycles. The number of aromatic nitrogens is 1. The molecule has 0 aliphatic carbocycles. The summed E-state index contributed by atoms with van der Waals surface area (Å²) >= 11 is 1.37. The van der Waals surface area contributed by atoms with Gasteiger partial charge >= 0.3 is 0 Å². The zero-order valence-corrected chi connectivity index (χ0v) is 16.0. The van der Waals surface area contributed by atoms with Crippen LogP contribution in [0.2, 0.25) is 0 Å². The van der Waals surface area contributed by atoms with Crippen molar-refractivity contribution in [1.29, 1.82) is 0 Å². The number of nitrogens with one attached hydrogen (secondary N) is 1. The minimum atomic E-state index is -3.50. The van der Waals surface area contributed by atoms with Gasteiger partial charge in [-0.2, -0.15) is 0 Å². The number of hydrogen-bond acceptors (Lipinski definition) is 5. The molecular formula is C16H21N3O3S2. The number of thiazole rings is 1. The Morgan fingerprint density at radius 3 is 2.21 bits per heavy atom. The molecule has 130 valence electrons. The summed E-state index contributed by atoms with van der Waals surface area (Å²) in [6.07, 6.45) is 0. The van der Waals surface area contributed by atoms with Crippen LogP contribution in [0, 0.1) is 0 Å². The zero-order chi connectivity index (χ0) is 18.1. The molecule has 0 fully saturated rings. The highest BCUT2D eigenvalue weighted by Crippen LogP contribution is 2.26. The maximum atomic E-state index is 12.3. The topological polar surface area (TPSA) is 79.4 Å². The van der Waals surface area contributed by atoms with E-state index in [1.807, 2.05) is 5.38 Å². The average Bonchev–Trinajstić information content (AvgIpc) is 2.96. The Morgan fingerprint density at radius 2 is 1.75 bits per heavy atom. The van der Waals surface area contributed by atoms with Crippen molar-refractivity contribution in [3.05, 3.63) is 40.9 Å². The van der Waals surface area contributed by atoms with Crippen molar-refractivity contribution in [2.24, 2.45) is 0 Å². The summed E-state index contributed by atoms with van der Waals surface area (Å²) in [5.74, 6) is -0.321. The highest BCUT2D eigenvalue weighted by molar-refractivity contribution is 7.89. The largest absolute Gasteiger partial charge is 0.298 e. The Morgan fingerprint density at radius 1 is 1.17 bits per heavy atom. The van der Waals surface area contributed by atoms with Gasteiger partial charge in [-0.15, -0.1) is 11.3 Å². The molecular weight excluding hydrogens is 346 g/mol. The van der Waals surface area contributed by atoms with Crippen molar-refractivity contribution in [3.8, 4) is 0 Å². The van der Waals surface area contributed by atoms with E-state index in [0.29, 0.717) is 10.7 Å². The van der Waals surface area contributed by atoms with Crippen LogP contribution >= 0.6 is 11.3 Å². The molecule has 0 atom stereocenters. The third-order valence-electron chi connectivity index (χ3n) is 3.39. The van der Waals surface area contributed by atoms with Crippen LogP contribution in [-0.2, 0) is 15.4 Å². The lowest BCUT2D eigenvalue weighted by molar-refractivity contribution is 0.102. The van der Waals surface area contributed by atoms with Crippen molar-refractivity contribution in [2.75, 3.05) is 19.4 Å². The van der Waals surface area contributed by atoms with Crippen LogP contribution in [0.3, 0.4) is 0 Å². The van der Waals surface area contributed by atoms with Crippen molar-refractivity contribution in [2.45, 2.75) is 31.1 Å². The second kappa shape index (κ2) is 6.62. The van der Waals surface area contributed by atoms with Gasteiger partial charge in [-0.25, -0.2) is 17.7 Å². The molecule has 1 heterocycles. The molecule has 24 heavy (non-hydrogen) atoms. The summed E-state index contributed by atoms with van der Waals surface area (Å²) in [6, 6.07) is 5.83. The Bertz CT molecular complexity index is 832. The fourth-order valence-electron chi connectivity index (χ4n) is 1.83. The van der Waals surface area contributed by atoms with Gasteiger partial charge in [0.25, 0.3) is 5.91 Å². The normalized spacial score (nSPS) is 12.4. The Kier molecular flexibility index (Phi) is 5.12. The average molecular weight is 367 g/mol. The molecule has 0 radical (unpaired) electrons. The molecule has 2 aromatic rings. The van der Waals surface area contributed by atoms with Crippen LogP contribution in [0.1, 0.15) is 36.8 Å². The SMILES string of the molecule is CN(C)S(=O)(=O)c1ccc(C(=O)Nc2nc(C(C)(C)C)cs2)cc1. The number of rotatable bonds is 4. The van der Waals surface area contributed by atoms with Crippen LogP contribution in [0.4, 0.5) is 5.13 Å². The first-order chi connectivity index (χ1) is 11.0. The number of carbonyl (C=O) groups is 1. The zero-order valence-electron chi connectivity index (χ0n) is 14.3. The van der Waals surface area contributed by atoms with Crippen LogP contribution in [0.15, 0.2) is 34.5 Å². The van der Waals surface area contributed by atoms with E-state index < -0.39 is 10.0 Å².